The van der Waals surface area contributed by atoms with Gasteiger partial charge in [-0.25, -0.2) is 13.9 Å². The smallest absolute Gasteiger partial charge is 0.275 e. The Morgan fingerprint density at radius 3 is 2.52 bits per heavy atom. The molecule has 0 unspecified atom stereocenters. The molecule has 1 fully saturated rings. The van der Waals surface area contributed by atoms with Gasteiger partial charge < -0.3 is 9.80 Å². The molecule has 0 bridgehead atoms. The van der Waals surface area contributed by atoms with E-state index in [1.165, 1.54) is 12.1 Å². The molecule has 3 aromatic rings. The summed E-state index contributed by atoms with van der Waals surface area (Å²) >= 11 is 0. The van der Waals surface area contributed by atoms with Crippen molar-refractivity contribution in [2.24, 2.45) is 0 Å². The summed E-state index contributed by atoms with van der Waals surface area (Å²) in [7, 11) is 1.73. The van der Waals surface area contributed by atoms with Crippen molar-refractivity contribution in [3.8, 4) is 11.3 Å². The van der Waals surface area contributed by atoms with Gasteiger partial charge in [0, 0.05) is 31.3 Å². The lowest BCUT2D eigenvalue weighted by molar-refractivity contribution is -0.144. The fourth-order valence-electron chi connectivity index (χ4n) is 3.86. The molecule has 160 valence electrons. The maximum atomic E-state index is 13.3. The number of likely N-dealkylation sites (N-methyl/N-ethyl adjacent to an activating group) is 1. The van der Waals surface area contributed by atoms with E-state index in [1.807, 2.05) is 13.0 Å². The molecule has 1 aliphatic heterocycles. The van der Waals surface area contributed by atoms with Crippen molar-refractivity contribution in [1.29, 1.82) is 0 Å². The Bertz CT molecular complexity index is 1210. The van der Waals surface area contributed by atoms with E-state index in [0.717, 1.165) is 16.7 Å². The van der Waals surface area contributed by atoms with Crippen LogP contribution in [0.3, 0.4) is 0 Å². The molecule has 0 radical (unpaired) electrons. The molecular formula is C23H24FN5O2. The third-order valence-electron chi connectivity index (χ3n) is 5.69. The first-order valence-corrected chi connectivity index (χ1v) is 9.99. The quantitative estimate of drug-likeness (QED) is 0.651. The summed E-state index contributed by atoms with van der Waals surface area (Å²) in [6.07, 6.45) is 1.57. The molecule has 2 amide bonds. The van der Waals surface area contributed by atoms with E-state index in [0.29, 0.717) is 24.4 Å². The largest absolute Gasteiger partial charge is 0.342 e. The van der Waals surface area contributed by atoms with Gasteiger partial charge >= 0.3 is 0 Å². The number of benzene rings is 1. The van der Waals surface area contributed by atoms with Crippen LogP contribution in [-0.2, 0) is 4.79 Å². The molecule has 1 aromatic carbocycles. The number of hydrogen-bond acceptors (Lipinski definition) is 4. The highest BCUT2D eigenvalue weighted by Gasteiger charge is 2.43. The van der Waals surface area contributed by atoms with Gasteiger partial charge in [-0.05, 0) is 56.7 Å². The number of imidazole rings is 1. The third kappa shape index (κ3) is 3.48. The average molecular weight is 421 g/mol. The highest BCUT2D eigenvalue weighted by Crippen LogP contribution is 2.27. The zero-order valence-electron chi connectivity index (χ0n) is 18.0. The summed E-state index contributed by atoms with van der Waals surface area (Å²) in [5.41, 5.74) is 2.58. The first kappa shape index (κ1) is 20.7. The van der Waals surface area contributed by atoms with Crippen LogP contribution in [0.1, 0.15) is 36.8 Å². The van der Waals surface area contributed by atoms with Crippen molar-refractivity contribution in [3.63, 3.8) is 0 Å². The summed E-state index contributed by atoms with van der Waals surface area (Å²) in [4.78, 5) is 33.6. The maximum Gasteiger partial charge on any atom is 0.275 e. The molecule has 7 nitrogen and oxygen atoms in total. The van der Waals surface area contributed by atoms with Crippen molar-refractivity contribution in [1.82, 2.24) is 24.4 Å². The van der Waals surface area contributed by atoms with Crippen LogP contribution in [0.4, 0.5) is 4.39 Å². The van der Waals surface area contributed by atoms with Crippen molar-refractivity contribution < 1.29 is 14.0 Å². The zero-order valence-corrected chi connectivity index (χ0v) is 18.0. The number of halogens is 1. The number of aromatic nitrogens is 3. The minimum Gasteiger partial charge on any atom is -0.342 e. The van der Waals surface area contributed by atoms with E-state index in [4.69, 9.17) is 0 Å². The van der Waals surface area contributed by atoms with Gasteiger partial charge in [-0.15, -0.1) is 0 Å². The predicted octanol–water partition coefficient (Wildman–Crippen LogP) is 3.26. The second-order valence-electron chi connectivity index (χ2n) is 8.37. The highest BCUT2D eigenvalue weighted by atomic mass is 19.1. The topological polar surface area (TPSA) is 70.8 Å². The summed E-state index contributed by atoms with van der Waals surface area (Å²) in [6.45, 7) is 10.2. The van der Waals surface area contributed by atoms with E-state index < -0.39 is 5.54 Å². The molecule has 0 saturated carbocycles. The normalized spacial score (nSPS) is 16.1. The molecular weight excluding hydrogens is 397 g/mol. The fraction of sp³-hybridized carbons (Fsp3) is 0.304. The Kier molecular flexibility index (Phi) is 4.88. The molecule has 0 aliphatic carbocycles. The van der Waals surface area contributed by atoms with Crippen LogP contribution in [0.25, 0.3) is 22.5 Å². The number of carbonyl (C=O) groups excluding carboxylic acids is 2. The summed E-state index contributed by atoms with van der Waals surface area (Å²) in [5.74, 6) is -0.770. The van der Waals surface area contributed by atoms with Gasteiger partial charge in [-0.1, -0.05) is 6.58 Å². The molecule has 0 atom stereocenters. The predicted molar refractivity (Wildman–Crippen MR) is 116 cm³/mol. The van der Waals surface area contributed by atoms with Gasteiger partial charge in [0.05, 0.1) is 11.9 Å². The number of amides is 2. The average Bonchev–Trinajstić information content (AvgIpc) is 3.15. The van der Waals surface area contributed by atoms with Crippen LogP contribution in [0.2, 0.25) is 0 Å². The van der Waals surface area contributed by atoms with Gasteiger partial charge in [0.1, 0.15) is 17.1 Å². The molecule has 31 heavy (non-hydrogen) atoms. The monoisotopic (exact) mass is 421 g/mol. The van der Waals surface area contributed by atoms with Gasteiger partial charge in [0.2, 0.25) is 5.91 Å². The lowest BCUT2D eigenvalue weighted by atomic mass is 9.97. The van der Waals surface area contributed by atoms with E-state index >= 15 is 0 Å². The highest BCUT2D eigenvalue weighted by molar-refractivity contribution is 5.99. The minimum atomic E-state index is -0.968. The molecule has 1 saturated heterocycles. The van der Waals surface area contributed by atoms with Crippen molar-refractivity contribution in [3.05, 3.63) is 60.2 Å². The molecule has 3 heterocycles. The zero-order chi connectivity index (χ0) is 22.5. The Morgan fingerprint density at radius 2 is 1.87 bits per heavy atom. The third-order valence-corrected chi connectivity index (χ3v) is 5.69. The minimum absolute atomic E-state index is 0.116. The Labute approximate surface area is 179 Å². The van der Waals surface area contributed by atoms with E-state index in [1.54, 1.807) is 53.5 Å². The molecule has 0 N–H and O–H groups in total. The van der Waals surface area contributed by atoms with Gasteiger partial charge in [-0.2, -0.15) is 5.10 Å². The van der Waals surface area contributed by atoms with Crippen LogP contribution < -0.4 is 0 Å². The number of rotatable bonds is 3. The first-order valence-electron chi connectivity index (χ1n) is 9.99. The standard InChI is InChI=1S/C23H24FN5O2/c1-14(2)17-12-18(15-6-8-16(24)9-7-15)26-29-13-19(25-20(17)29)21(30)28-11-10-27(5)22(31)23(28,3)4/h6-9,12-13H,1,10-11H2,2-5H3. The number of allylic oxidation sites excluding steroid dienone is 1. The lowest BCUT2D eigenvalue weighted by Gasteiger charge is -2.44. The van der Waals surface area contributed by atoms with Crippen LogP contribution in [0.15, 0.2) is 43.1 Å². The van der Waals surface area contributed by atoms with Crippen LogP contribution in [0, 0.1) is 5.82 Å². The van der Waals surface area contributed by atoms with E-state index in [9.17, 15) is 14.0 Å². The van der Waals surface area contributed by atoms with Crippen molar-refractivity contribution in [2.75, 3.05) is 20.1 Å². The SMILES string of the molecule is C=C(C)c1cc(-c2ccc(F)cc2)nn2cc(C(=O)N3CCN(C)C(=O)C3(C)C)nc12. The summed E-state index contributed by atoms with van der Waals surface area (Å²) in [6, 6.07) is 7.86. The summed E-state index contributed by atoms with van der Waals surface area (Å²) in [5, 5.41) is 4.57. The number of piperazine rings is 1. The van der Waals surface area contributed by atoms with Crippen LogP contribution in [-0.4, -0.2) is 61.9 Å². The van der Waals surface area contributed by atoms with Gasteiger partial charge in [0.15, 0.2) is 5.65 Å². The summed E-state index contributed by atoms with van der Waals surface area (Å²) < 4.78 is 14.9. The first-order chi connectivity index (χ1) is 14.6. The molecule has 1 aliphatic rings. The second-order valence-corrected chi connectivity index (χ2v) is 8.37. The number of hydrogen-bond donors (Lipinski definition) is 0. The van der Waals surface area contributed by atoms with Gasteiger partial charge in [0.25, 0.3) is 5.91 Å². The number of nitrogens with zero attached hydrogens (tertiary/aromatic N) is 5. The lowest BCUT2D eigenvalue weighted by Crippen LogP contribution is -2.63. The Morgan fingerprint density at radius 1 is 1.19 bits per heavy atom. The van der Waals surface area contributed by atoms with Gasteiger partial charge in [-0.3, -0.25) is 9.59 Å². The van der Waals surface area contributed by atoms with Crippen LogP contribution >= 0.6 is 0 Å². The van der Waals surface area contributed by atoms with Crippen molar-refractivity contribution in [2.45, 2.75) is 26.3 Å². The maximum absolute atomic E-state index is 13.3. The fourth-order valence-corrected chi connectivity index (χ4v) is 3.86. The van der Waals surface area contributed by atoms with Crippen molar-refractivity contribution >= 4 is 23.0 Å². The Hall–Kier alpha value is -3.55. The molecule has 2 aromatic heterocycles. The van der Waals surface area contributed by atoms with Crippen LogP contribution in [0.5, 0.6) is 0 Å². The molecule has 8 heteroatoms. The molecule has 4 rings (SSSR count). The number of fused-ring (bicyclic) bond motifs is 1. The second kappa shape index (κ2) is 7.30. The number of carbonyl (C=O) groups is 2. The molecule has 0 spiro atoms. The van der Waals surface area contributed by atoms with E-state index in [-0.39, 0.29) is 23.3 Å². The Balaban J connectivity index is 1.79. The van der Waals surface area contributed by atoms with E-state index in [2.05, 4.69) is 16.7 Å².